The average molecular weight is 445 g/mol. The summed E-state index contributed by atoms with van der Waals surface area (Å²) >= 11 is 5.97. The number of hydrogen-bond donors (Lipinski definition) is 1. The van der Waals surface area contributed by atoms with E-state index in [1.54, 1.807) is 19.1 Å². The summed E-state index contributed by atoms with van der Waals surface area (Å²) < 4.78 is 5.74. The number of carbonyl (C=O) groups excluding carboxylic acids is 2. The van der Waals surface area contributed by atoms with Crippen LogP contribution in [0.5, 0.6) is 5.75 Å². The lowest BCUT2D eigenvalue weighted by Gasteiger charge is -2.28. The van der Waals surface area contributed by atoms with Crippen molar-refractivity contribution in [1.29, 1.82) is 0 Å². The Morgan fingerprint density at radius 1 is 1.06 bits per heavy atom. The van der Waals surface area contributed by atoms with Crippen LogP contribution in [0.3, 0.4) is 0 Å². The van der Waals surface area contributed by atoms with E-state index in [0.717, 1.165) is 12.0 Å². The number of hydrogen-bond acceptors (Lipinski definition) is 3. The van der Waals surface area contributed by atoms with Gasteiger partial charge in [-0.2, -0.15) is 0 Å². The van der Waals surface area contributed by atoms with Crippen LogP contribution >= 0.6 is 11.6 Å². The maximum Gasteiger partial charge on any atom is 0.261 e. The lowest BCUT2D eigenvalue weighted by molar-refractivity contribution is -0.142. The maximum absolute atomic E-state index is 13.0. The number of halogens is 1. The van der Waals surface area contributed by atoms with Crippen LogP contribution in [0, 0.1) is 0 Å². The summed E-state index contributed by atoms with van der Waals surface area (Å²) in [4.78, 5) is 27.1. The molecule has 2 rings (SSSR count). The van der Waals surface area contributed by atoms with Gasteiger partial charge in [-0.3, -0.25) is 9.59 Å². The number of rotatable bonds is 9. The molecule has 2 aromatic rings. The van der Waals surface area contributed by atoms with E-state index in [1.807, 2.05) is 43.3 Å². The molecule has 168 valence electrons. The first-order valence-corrected chi connectivity index (χ1v) is 11.0. The van der Waals surface area contributed by atoms with E-state index < -0.39 is 6.04 Å². The molecule has 5 nitrogen and oxygen atoms in total. The highest BCUT2D eigenvalue weighted by atomic mass is 35.5. The average Bonchev–Trinajstić information content (AvgIpc) is 2.74. The third kappa shape index (κ3) is 7.59. The fourth-order valence-corrected chi connectivity index (χ4v) is 3.17. The molecule has 6 heteroatoms. The van der Waals surface area contributed by atoms with Crippen LogP contribution in [0.1, 0.15) is 52.2 Å². The number of nitrogens with one attached hydrogen (secondary N) is 1. The highest BCUT2D eigenvalue weighted by Crippen LogP contribution is 2.24. The van der Waals surface area contributed by atoms with Crippen LogP contribution in [0.4, 0.5) is 0 Å². The van der Waals surface area contributed by atoms with Gasteiger partial charge in [0.05, 0.1) is 0 Å². The number of benzene rings is 2. The third-order valence-corrected chi connectivity index (χ3v) is 5.32. The molecule has 0 aliphatic rings. The van der Waals surface area contributed by atoms with E-state index in [-0.39, 0.29) is 23.8 Å². The SMILES string of the molecule is CCCNC(=O)[C@@H](C)N(Cc1ccc(Cl)cc1)C(=O)COc1ccc(C(C)(C)C)cc1. The van der Waals surface area contributed by atoms with Crippen molar-refractivity contribution in [2.24, 2.45) is 0 Å². The number of carbonyl (C=O) groups is 2. The second-order valence-corrected chi connectivity index (χ2v) is 9.11. The molecule has 0 aliphatic heterocycles. The second kappa shape index (κ2) is 11.2. The van der Waals surface area contributed by atoms with E-state index in [1.165, 1.54) is 10.5 Å². The normalized spacial score (nSPS) is 12.2. The standard InChI is InChI=1S/C25H33ClN2O3/c1-6-15-27-24(30)18(2)28(16-19-7-11-21(26)12-8-19)23(29)17-31-22-13-9-20(10-14-22)25(3,4)5/h7-14,18H,6,15-17H2,1-5H3,(H,27,30)/t18-/m1/s1. The summed E-state index contributed by atoms with van der Waals surface area (Å²) in [5, 5.41) is 3.48. The highest BCUT2D eigenvalue weighted by molar-refractivity contribution is 6.30. The summed E-state index contributed by atoms with van der Waals surface area (Å²) in [5.74, 6) is 0.184. The molecule has 0 aromatic heterocycles. The molecule has 0 unspecified atom stereocenters. The Labute approximate surface area is 190 Å². The van der Waals surface area contributed by atoms with Gasteiger partial charge in [0.15, 0.2) is 6.61 Å². The molecule has 2 amide bonds. The smallest absolute Gasteiger partial charge is 0.261 e. The molecule has 0 spiro atoms. The van der Waals surface area contributed by atoms with Crippen LogP contribution in [0.2, 0.25) is 5.02 Å². The van der Waals surface area contributed by atoms with Gasteiger partial charge in [0.1, 0.15) is 11.8 Å². The fraction of sp³-hybridized carbons (Fsp3) is 0.440. The van der Waals surface area contributed by atoms with Gasteiger partial charge < -0.3 is 15.0 Å². The van der Waals surface area contributed by atoms with Gasteiger partial charge in [-0.15, -0.1) is 0 Å². The van der Waals surface area contributed by atoms with Crippen molar-refractivity contribution in [2.75, 3.05) is 13.2 Å². The van der Waals surface area contributed by atoms with E-state index in [4.69, 9.17) is 16.3 Å². The van der Waals surface area contributed by atoms with Crippen LogP contribution in [0.15, 0.2) is 48.5 Å². The lowest BCUT2D eigenvalue weighted by atomic mass is 9.87. The molecular formula is C25H33ClN2O3. The summed E-state index contributed by atoms with van der Waals surface area (Å²) in [6.07, 6.45) is 0.831. The Morgan fingerprint density at radius 2 is 1.68 bits per heavy atom. The van der Waals surface area contributed by atoms with Gasteiger partial charge in [-0.05, 0) is 54.2 Å². The minimum atomic E-state index is -0.624. The van der Waals surface area contributed by atoms with Crippen molar-refractivity contribution < 1.29 is 14.3 Å². The van der Waals surface area contributed by atoms with Crippen LogP contribution in [-0.4, -0.2) is 35.9 Å². The maximum atomic E-state index is 13.0. The fourth-order valence-electron chi connectivity index (χ4n) is 3.04. The first kappa shape index (κ1) is 24.7. The Bertz CT molecular complexity index is 858. The molecule has 0 saturated carbocycles. The Kier molecular flexibility index (Phi) is 8.93. The van der Waals surface area contributed by atoms with Gasteiger partial charge in [-0.1, -0.05) is 63.6 Å². The van der Waals surface area contributed by atoms with Crippen molar-refractivity contribution in [1.82, 2.24) is 10.2 Å². The minimum absolute atomic E-state index is 0.0466. The summed E-state index contributed by atoms with van der Waals surface area (Å²) in [5.41, 5.74) is 2.13. The zero-order valence-electron chi connectivity index (χ0n) is 19.1. The van der Waals surface area contributed by atoms with Gasteiger partial charge in [0.2, 0.25) is 5.91 Å². The summed E-state index contributed by atoms with van der Waals surface area (Å²) in [6, 6.07) is 14.4. The van der Waals surface area contributed by atoms with E-state index in [2.05, 4.69) is 26.1 Å². The molecule has 1 atom stereocenters. The highest BCUT2D eigenvalue weighted by Gasteiger charge is 2.26. The Morgan fingerprint density at radius 3 is 2.23 bits per heavy atom. The van der Waals surface area contributed by atoms with E-state index in [9.17, 15) is 9.59 Å². The first-order valence-electron chi connectivity index (χ1n) is 10.7. The zero-order valence-corrected chi connectivity index (χ0v) is 19.8. The lowest BCUT2D eigenvalue weighted by Crippen LogP contribution is -2.49. The van der Waals surface area contributed by atoms with Crippen molar-refractivity contribution in [3.63, 3.8) is 0 Å². The predicted molar refractivity (Wildman–Crippen MR) is 125 cm³/mol. The van der Waals surface area contributed by atoms with Crippen molar-refractivity contribution in [3.8, 4) is 5.75 Å². The van der Waals surface area contributed by atoms with Crippen molar-refractivity contribution in [2.45, 2.75) is 59.0 Å². The first-order chi connectivity index (χ1) is 14.6. The van der Waals surface area contributed by atoms with E-state index >= 15 is 0 Å². The number of nitrogens with zero attached hydrogens (tertiary/aromatic N) is 1. The van der Waals surface area contributed by atoms with Crippen LogP contribution in [0.25, 0.3) is 0 Å². The summed E-state index contributed by atoms with van der Waals surface area (Å²) in [6.45, 7) is 10.9. The van der Waals surface area contributed by atoms with E-state index in [0.29, 0.717) is 23.9 Å². The van der Waals surface area contributed by atoms with Gasteiger partial charge >= 0.3 is 0 Å². The van der Waals surface area contributed by atoms with Crippen molar-refractivity contribution >= 4 is 23.4 Å². The summed E-state index contributed by atoms with van der Waals surface area (Å²) in [7, 11) is 0. The van der Waals surface area contributed by atoms with Crippen molar-refractivity contribution in [3.05, 3.63) is 64.7 Å². The number of ether oxygens (including phenoxy) is 1. The quantitative estimate of drug-likeness (QED) is 0.594. The number of amides is 2. The molecule has 31 heavy (non-hydrogen) atoms. The van der Waals surface area contributed by atoms with Gasteiger partial charge in [0, 0.05) is 18.1 Å². The molecule has 1 N–H and O–H groups in total. The van der Waals surface area contributed by atoms with Gasteiger partial charge in [-0.25, -0.2) is 0 Å². The monoisotopic (exact) mass is 444 g/mol. The topological polar surface area (TPSA) is 58.6 Å². The van der Waals surface area contributed by atoms with Gasteiger partial charge in [0.25, 0.3) is 5.91 Å². The molecule has 0 saturated heterocycles. The zero-order chi connectivity index (χ0) is 23.0. The molecule has 0 radical (unpaired) electrons. The Hall–Kier alpha value is -2.53. The predicted octanol–water partition coefficient (Wildman–Crippen LogP) is 4.96. The Balaban J connectivity index is 2.10. The third-order valence-electron chi connectivity index (χ3n) is 5.07. The second-order valence-electron chi connectivity index (χ2n) is 8.68. The molecule has 0 bridgehead atoms. The minimum Gasteiger partial charge on any atom is -0.484 e. The molecule has 0 fully saturated rings. The van der Waals surface area contributed by atoms with Crippen LogP contribution < -0.4 is 10.1 Å². The molecule has 0 heterocycles. The van der Waals surface area contributed by atoms with Crippen LogP contribution in [-0.2, 0) is 21.5 Å². The molecule has 2 aromatic carbocycles. The largest absolute Gasteiger partial charge is 0.484 e. The molecule has 0 aliphatic carbocycles. The molecular weight excluding hydrogens is 412 g/mol.